The number of para-hydroxylation sites is 2. The van der Waals surface area contributed by atoms with Crippen molar-refractivity contribution in [2.24, 2.45) is 0 Å². The van der Waals surface area contributed by atoms with E-state index in [1.165, 1.54) is 50.3 Å². The van der Waals surface area contributed by atoms with E-state index in [2.05, 4.69) is 115 Å². The van der Waals surface area contributed by atoms with Gasteiger partial charge in [0.05, 0.1) is 0 Å². The Morgan fingerprint density at radius 2 is 1.17 bits per heavy atom. The average Bonchev–Trinajstić information content (AvgIpc) is 3.10. The van der Waals surface area contributed by atoms with Crippen LogP contribution in [0.1, 0.15) is 40.7 Å². The first-order valence-corrected chi connectivity index (χ1v) is 10.7. The van der Waals surface area contributed by atoms with E-state index in [4.69, 9.17) is 0 Å². The Hall–Kier alpha value is -3.58. The third kappa shape index (κ3) is 2.35. The fraction of sp³-hybridized carbons (Fsp3) is 0.103. The van der Waals surface area contributed by atoms with Gasteiger partial charge in [-0.2, -0.15) is 0 Å². The molecule has 4 aromatic rings. The number of rotatable bonds is 2. The van der Waals surface area contributed by atoms with Crippen LogP contribution < -0.4 is 4.90 Å². The molecule has 0 spiro atoms. The van der Waals surface area contributed by atoms with E-state index in [1.807, 2.05) is 0 Å². The van der Waals surface area contributed by atoms with Gasteiger partial charge in [0.15, 0.2) is 0 Å². The van der Waals surface area contributed by atoms with Crippen LogP contribution in [0.4, 0.5) is 11.4 Å². The third-order valence-corrected chi connectivity index (χ3v) is 6.50. The maximum atomic E-state index is 2.47. The van der Waals surface area contributed by atoms with Crippen LogP contribution in [0.25, 0.3) is 11.1 Å². The molecular weight excluding hydrogens is 362 g/mol. The van der Waals surface area contributed by atoms with Gasteiger partial charge < -0.3 is 4.90 Å². The molecule has 1 heterocycles. The van der Waals surface area contributed by atoms with E-state index in [0.717, 1.165) is 6.54 Å². The molecule has 144 valence electrons. The molecule has 1 aliphatic heterocycles. The molecular formula is C29H23N. The molecule has 0 radical (unpaired) electrons. The van der Waals surface area contributed by atoms with Crippen molar-refractivity contribution >= 4 is 22.5 Å². The van der Waals surface area contributed by atoms with E-state index >= 15 is 0 Å². The minimum absolute atomic E-state index is 0.239. The number of fused-ring (bicyclic) bond motifs is 6. The monoisotopic (exact) mass is 385 g/mol. The Labute approximate surface area is 177 Å². The predicted octanol–water partition coefficient (Wildman–Crippen LogP) is 7.26. The number of hydrogen-bond donors (Lipinski definition) is 0. The van der Waals surface area contributed by atoms with E-state index in [0.29, 0.717) is 0 Å². The van der Waals surface area contributed by atoms with Crippen molar-refractivity contribution in [3.63, 3.8) is 0 Å². The zero-order chi connectivity index (χ0) is 20.1. The van der Waals surface area contributed by atoms with Crippen LogP contribution in [0.15, 0.2) is 103 Å². The predicted molar refractivity (Wildman–Crippen MR) is 126 cm³/mol. The molecule has 1 nitrogen and oxygen atoms in total. The molecule has 0 saturated carbocycles. The topological polar surface area (TPSA) is 3.24 Å². The average molecular weight is 386 g/mol. The SMILES string of the molecule is CCN1c2ccccc2C2=C(c3ccccc31)C(c1ccccc1)c1ccccc12. The van der Waals surface area contributed by atoms with Crippen LogP contribution in [0.5, 0.6) is 0 Å². The maximum Gasteiger partial charge on any atom is 0.0490 e. The number of hydrogen-bond acceptors (Lipinski definition) is 1. The second-order valence-electron chi connectivity index (χ2n) is 8.00. The van der Waals surface area contributed by atoms with Crippen molar-refractivity contribution in [1.29, 1.82) is 0 Å². The summed E-state index contributed by atoms with van der Waals surface area (Å²) in [6.07, 6.45) is 0. The Kier molecular flexibility index (Phi) is 3.89. The first-order chi connectivity index (χ1) is 14.9. The van der Waals surface area contributed by atoms with E-state index < -0.39 is 0 Å². The van der Waals surface area contributed by atoms with Crippen molar-refractivity contribution in [2.75, 3.05) is 11.4 Å². The summed E-state index contributed by atoms with van der Waals surface area (Å²) >= 11 is 0. The van der Waals surface area contributed by atoms with Gasteiger partial charge >= 0.3 is 0 Å². The lowest BCUT2D eigenvalue weighted by atomic mass is 9.84. The molecule has 0 amide bonds. The third-order valence-electron chi connectivity index (χ3n) is 6.50. The van der Waals surface area contributed by atoms with Crippen molar-refractivity contribution in [3.05, 3.63) is 131 Å². The first-order valence-electron chi connectivity index (χ1n) is 10.7. The molecule has 30 heavy (non-hydrogen) atoms. The quantitative estimate of drug-likeness (QED) is 0.351. The van der Waals surface area contributed by atoms with Gasteiger partial charge in [0.25, 0.3) is 0 Å². The van der Waals surface area contributed by atoms with Crippen molar-refractivity contribution < 1.29 is 0 Å². The fourth-order valence-corrected chi connectivity index (χ4v) is 5.32. The number of anilines is 2. The normalized spacial score (nSPS) is 16.4. The standard InChI is InChI=1S/C29H23N/c1-2-30-25-18-10-8-16-23(25)28-22-15-7-6-14-21(22)27(20-12-4-3-5-13-20)29(28)24-17-9-11-19-26(24)30/h3-19,27H,2H2,1H3. The lowest BCUT2D eigenvalue weighted by Crippen LogP contribution is -2.18. The van der Waals surface area contributed by atoms with Crippen LogP contribution in [-0.2, 0) is 0 Å². The van der Waals surface area contributed by atoms with Crippen LogP contribution in [0.2, 0.25) is 0 Å². The van der Waals surface area contributed by atoms with Gasteiger partial charge in [0.2, 0.25) is 0 Å². The summed E-state index contributed by atoms with van der Waals surface area (Å²) in [5, 5.41) is 0. The smallest absolute Gasteiger partial charge is 0.0490 e. The van der Waals surface area contributed by atoms with E-state index in [1.54, 1.807) is 0 Å². The summed E-state index contributed by atoms with van der Waals surface area (Å²) in [4.78, 5) is 2.47. The Morgan fingerprint density at radius 3 is 1.90 bits per heavy atom. The Morgan fingerprint density at radius 1 is 0.600 bits per heavy atom. The van der Waals surface area contributed by atoms with E-state index in [-0.39, 0.29) is 5.92 Å². The molecule has 4 aromatic carbocycles. The summed E-state index contributed by atoms with van der Waals surface area (Å²) in [5.74, 6) is 0.239. The summed E-state index contributed by atoms with van der Waals surface area (Å²) in [5.41, 5.74) is 12.2. The van der Waals surface area contributed by atoms with Gasteiger partial charge in [-0.15, -0.1) is 0 Å². The molecule has 0 fully saturated rings. The second-order valence-corrected chi connectivity index (χ2v) is 8.00. The lowest BCUT2D eigenvalue weighted by Gasteiger charge is -2.27. The summed E-state index contributed by atoms with van der Waals surface area (Å²) in [7, 11) is 0. The molecule has 1 aliphatic carbocycles. The fourth-order valence-electron chi connectivity index (χ4n) is 5.32. The maximum absolute atomic E-state index is 2.47. The molecule has 0 bridgehead atoms. The first kappa shape index (κ1) is 17.3. The minimum atomic E-state index is 0.239. The molecule has 1 atom stereocenters. The van der Waals surface area contributed by atoms with Crippen molar-refractivity contribution in [3.8, 4) is 0 Å². The largest absolute Gasteiger partial charge is 0.341 e. The minimum Gasteiger partial charge on any atom is -0.341 e. The molecule has 1 unspecified atom stereocenters. The molecule has 0 saturated heterocycles. The van der Waals surface area contributed by atoms with Gasteiger partial charge in [0, 0.05) is 35.0 Å². The van der Waals surface area contributed by atoms with Gasteiger partial charge in [-0.25, -0.2) is 0 Å². The van der Waals surface area contributed by atoms with Gasteiger partial charge in [-0.1, -0.05) is 91.0 Å². The van der Waals surface area contributed by atoms with Crippen molar-refractivity contribution in [1.82, 2.24) is 0 Å². The van der Waals surface area contributed by atoms with E-state index in [9.17, 15) is 0 Å². The van der Waals surface area contributed by atoms with Crippen LogP contribution in [-0.4, -0.2) is 6.54 Å². The summed E-state index contributed by atoms with van der Waals surface area (Å²) in [6, 6.07) is 37.7. The summed E-state index contributed by atoms with van der Waals surface area (Å²) < 4.78 is 0. The lowest BCUT2D eigenvalue weighted by molar-refractivity contribution is 1.01. The molecule has 0 N–H and O–H groups in total. The Bertz CT molecular complexity index is 1280. The highest BCUT2D eigenvalue weighted by Gasteiger charge is 2.38. The number of nitrogens with zero attached hydrogens (tertiary/aromatic N) is 1. The van der Waals surface area contributed by atoms with Crippen LogP contribution in [0.3, 0.4) is 0 Å². The zero-order valence-electron chi connectivity index (χ0n) is 17.0. The Balaban J connectivity index is 1.77. The molecule has 1 heteroatoms. The molecule has 6 rings (SSSR count). The van der Waals surface area contributed by atoms with Gasteiger partial charge in [-0.05, 0) is 46.9 Å². The van der Waals surface area contributed by atoms with Gasteiger partial charge in [0.1, 0.15) is 0 Å². The molecule has 0 aromatic heterocycles. The number of allylic oxidation sites excluding steroid dienone is 1. The summed E-state index contributed by atoms with van der Waals surface area (Å²) in [6.45, 7) is 3.18. The highest BCUT2D eigenvalue weighted by atomic mass is 15.1. The zero-order valence-corrected chi connectivity index (χ0v) is 17.0. The van der Waals surface area contributed by atoms with Crippen molar-refractivity contribution in [2.45, 2.75) is 12.8 Å². The number of benzene rings is 4. The van der Waals surface area contributed by atoms with Crippen LogP contribution >= 0.6 is 0 Å². The van der Waals surface area contributed by atoms with Gasteiger partial charge in [-0.3, -0.25) is 0 Å². The highest BCUT2D eigenvalue weighted by Crippen LogP contribution is 2.57. The highest BCUT2D eigenvalue weighted by molar-refractivity contribution is 6.12. The second kappa shape index (κ2) is 6.74. The van der Waals surface area contributed by atoms with Crippen LogP contribution in [0, 0.1) is 0 Å². The molecule has 2 aliphatic rings.